The Morgan fingerprint density at radius 1 is 0.935 bits per heavy atom. The maximum atomic E-state index is 11.6. The number of benzene rings is 2. The van der Waals surface area contributed by atoms with E-state index in [1.807, 2.05) is 0 Å². The number of carboxylic acids is 3. The van der Waals surface area contributed by atoms with E-state index in [0.717, 1.165) is 12.0 Å². The van der Waals surface area contributed by atoms with E-state index in [-0.39, 0.29) is 31.8 Å². The Morgan fingerprint density at radius 2 is 1.46 bits per heavy atom. The number of hydrogen-bond donors (Lipinski definition) is 8. The number of ether oxygens (including phenoxy) is 1. The number of aliphatic hydroxyl groups excluding tert-OH is 5. The van der Waals surface area contributed by atoms with Crippen LogP contribution in [0, 0.1) is 7.14 Å². The number of rotatable bonds is 19. The molecule has 0 amide bonds. The van der Waals surface area contributed by atoms with E-state index in [9.17, 15) is 45.0 Å². The number of hydrogen-bond acceptors (Lipinski definition) is 15. The second-order valence-corrected chi connectivity index (χ2v) is 12.2. The number of quaternary nitrogens is 1. The number of phenolic OH excluding ortho intramolecular Hbond substituents is 1. The van der Waals surface area contributed by atoms with E-state index in [4.69, 9.17) is 20.1 Å². The maximum Gasteiger partial charge on any atom is 0.154 e. The van der Waals surface area contributed by atoms with Crippen molar-refractivity contribution in [3.05, 3.63) is 49.1 Å². The summed E-state index contributed by atoms with van der Waals surface area (Å²) in [5.41, 5.74) is 0.699. The van der Waals surface area contributed by atoms with Crippen molar-refractivity contribution >= 4 is 63.1 Å². The van der Waals surface area contributed by atoms with Crippen LogP contribution in [0.2, 0.25) is 0 Å². The highest BCUT2D eigenvalue weighted by Gasteiger charge is 2.30. The SMILES string of the molecule is C[NH2+]C[C@H](O)[C@@H](O)[C@H](O)[C@H](O)CO.O=C([O-])CN(CCN[C@H](Cc1cc(I)c(Oc2ccc(O)cc2)c(I)c1)C(=O)[O-])CC(=O)[O-]. The molecule has 2 rings (SSSR count). The lowest BCUT2D eigenvalue weighted by Crippen LogP contribution is -2.83. The first-order chi connectivity index (χ1) is 21.6. The Kier molecular flexibility index (Phi) is 19.4. The molecule has 0 saturated carbocycles. The fraction of sp³-hybridized carbons (Fsp3) is 0.464. The van der Waals surface area contributed by atoms with Gasteiger partial charge in [0.05, 0.1) is 44.7 Å². The number of nitrogens with two attached hydrogens (primary N) is 1. The van der Waals surface area contributed by atoms with Crippen LogP contribution in [-0.4, -0.2) is 130 Å². The first-order valence-corrected chi connectivity index (χ1v) is 15.9. The zero-order valence-electron chi connectivity index (χ0n) is 24.6. The molecule has 0 aliphatic carbocycles. The lowest BCUT2D eigenvalue weighted by atomic mass is 10.0. The van der Waals surface area contributed by atoms with Gasteiger partial charge in [-0.1, -0.05) is 0 Å². The van der Waals surface area contributed by atoms with Gasteiger partial charge in [-0.25, -0.2) is 0 Å². The summed E-state index contributed by atoms with van der Waals surface area (Å²) >= 11 is 4.15. The summed E-state index contributed by atoms with van der Waals surface area (Å²) < 4.78 is 7.36. The molecule has 16 nitrogen and oxygen atoms in total. The molecule has 0 fully saturated rings. The van der Waals surface area contributed by atoms with Crippen molar-refractivity contribution in [2.45, 2.75) is 36.9 Å². The third-order valence-electron chi connectivity index (χ3n) is 6.17. The van der Waals surface area contributed by atoms with Gasteiger partial charge < -0.3 is 75.7 Å². The quantitative estimate of drug-likeness (QED) is 0.0611. The molecule has 0 bridgehead atoms. The number of nitrogens with one attached hydrogen (secondary N) is 1. The first kappa shape index (κ1) is 41.6. The summed E-state index contributed by atoms with van der Waals surface area (Å²) in [6.45, 7) is -1.71. The minimum atomic E-state index is -1.53. The fourth-order valence-corrected chi connectivity index (χ4v) is 5.97. The lowest BCUT2D eigenvalue weighted by molar-refractivity contribution is -0.635. The fourth-order valence-electron chi connectivity index (χ4n) is 3.85. The maximum absolute atomic E-state index is 11.6. The molecule has 0 heterocycles. The van der Waals surface area contributed by atoms with Gasteiger partial charge in [-0.3, -0.25) is 4.90 Å². The van der Waals surface area contributed by atoms with Gasteiger partial charge in [0.2, 0.25) is 0 Å². The largest absolute Gasteiger partial charge is 0.549 e. The number of carbonyl (C=O) groups is 3. The van der Waals surface area contributed by atoms with E-state index in [1.54, 1.807) is 36.6 Å². The predicted molar refractivity (Wildman–Crippen MR) is 171 cm³/mol. The Hall–Kier alpha value is -2.41. The van der Waals surface area contributed by atoms with E-state index >= 15 is 0 Å². The van der Waals surface area contributed by atoms with Gasteiger partial charge in [0.1, 0.15) is 42.5 Å². The summed E-state index contributed by atoms with van der Waals surface area (Å²) in [6.07, 6.45) is -5.45. The molecule has 0 radical (unpaired) electrons. The number of aliphatic hydroxyl groups is 5. The second kappa shape index (κ2) is 21.5. The normalized spacial score (nSPS) is 14.4. The van der Waals surface area contributed by atoms with Crippen LogP contribution in [-0.2, 0) is 20.8 Å². The van der Waals surface area contributed by atoms with Gasteiger partial charge in [0.15, 0.2) is 5.75 Å². The average Bonchev–Trinajstić information content (AvgIpc) is 2.98. The number of nitrogens with zero attached hydrogens (tertiary/aromatic N) is 1. The molecule has 18 heteroatoms. The monoisotopic (exact) mass is 877 g/mol. The van der Waals surface area contributed by atoms with Crippen LogP contribution in [0.25, 0.3) is 0 Å². The van der Waals surface area contributed by atoms with Gasteiger partial charge in [-0.15, -0.1) is 0 Å². The number of halogens is 2. The Bertz CT molecular complexity index is 1220. The smallest absolute Gasteiger partial charge is 0.154 e. The third kappa shape index (κ3) is 15.5. The van der Waals surface area contributed by atoms with Gasteiger partial charge in [0.25, 0.3) is 0 Å². The summed E-state index contributed by atoms with van der Waals surface area (Å²) in [5.74, 6) is -3.02. The molecule has 0 unspecified atom stereocenters. The number of phenols is 1. The van der Waals surface area contributed by atoms with Crippen molar-refractivity contribution in [2.24, 2.45) is 0 Å². The molecule has 2 aromatic carbocycles. The van der Waals surface area contributed by atoms with Gasteiger partial charge in [0, 0.05) is 26.2 Å². The van der Waals surface area contributed by atoms with Crippen molar-refractivity contribution < 1.29 is 70.4 Å². The molecule has 5 atom stereocenters. The number of aromatic hydroxyl groups is 1. The molecule has 0 saturated heterocycles. The van der Waals surface area contributed by atoms with Crippen molar-refractivity contribution in [1.82, 2.24) is 10.2 Å². The highest BCUT2D eigenvalue weighted by molar-refractivity contribution is 14.1. The van der Waals surface area contributed by atoms with Crippen molar-refractivity contribution in [2.75, 3.05) is 46.4 Å². The van der Waals surface area contributed by atoms with E-state index in [0.29, 0.717) is 17.1 Å². The Labute approximate surface area is 291 Å². The average molecular weight is 877 g/mol. The van der Waals surface area contributed by atoms with E-state index in [2.05, 4.69) is 50.5 Å². The molecule has 9 N–H and O–H groups in total. The molecule has 0 aliphatic heterocycles. The van der Waals surface area contributed by atoms with Crippen LogP contribution >= 0.6 is 45.2 Å². The van der Waals surface area contributed by atoms with Crippen LogP contribution in [0.1, 0.15) is 5.56 Å². The summed E-state index contributed by atoms with van der Waals surface area (Å²) in [6, 6.07) is 8.70. The molecule has 2 aromatic rings. The van der Waals surface area contributed by atoms with Crippen LogP contribution in [0.3, 0.4) is 0 Å². The van der Waals surface area contributed by atoms with Crippen molar-refractivity contribution in [3.63, 3.8) is 0 Å². The second-order valence-electron chi connectivity index (χ2n) is 9.91. The number of aliphatic carboxylic acids is 3. The van der Waals surface area contributed by atoms with Gasteiger partial charge in [-0.2, -0.15) is 0 Å². The van der Waals surface area contributed by atoms with Gasteiger partial charge in [-0.05, 0) is 93.6 Å². The Balaban J connectivity index is 0.000000685. The van der Waals surface area contributed by atoms with Crippen LogP contribution in [0.5, 0.6) is 17.2 Å². The standard InChI is InChI=1S/C21H22I2N2O8.C7H17NO5/c22-15-7-12(8-16(23)20(15)33-14-3-1-13(26)2-4-14)9-17(21(31)32)24-5-6-25(10-18(27)28)11-19(29)30;1-8-2-4(10)6(12)7(13)5(11)3-9/h1-4,7-8,17,24,26H,5-6,9-11H2,(H,27,28)(H,29,30)(H,31,32);4-13H,2-3H2,1H3/p-2/t17-;4-,5+,6+,7+/m10/s1. The molecular weight excluding hydrogens is 840 g/mol. The minimum absolute atomic E-state index is 0.00936. The topological polar surface area (TPSA) is 283 Å². The van der Waals surface area contributed by atoms with Gasteiger partial charge >= 0.3 is 0 Å². The summed E-state index contributed by atoms with van der Waals surface area (Å²) in [7, 11) is 1.70. The third-order valence-corrected chi connectivity index (χ3v) is 7.77. The number of likely N-dealkylation sites (N-methyl/N-ethyl adjacent to an activating group) is 1. The summed E-state index contributed by atoms with van der Waals surface area (Å²) in [4.78, 5) is 34.1. The molecule has 46 heavy (non-hydrogen) atoms. The zero-order chi connectivity index (χ0) is 35.0. The van der Waals surface area contributed by atoms with Crippen molar-refractivity contribution in [1.29, 1.82) is 0 Å². The highest BCUT2D eigenvalue weighted by atomic mass is 127. The van der Waals surface area contributed by atoms with Crippen LogP contribution in [0.15, 0.2) is 36.4 Å². The molecule has 258 valence electrons. The molecule has 0 spiro atoms. The Morgan fingerprint density at radius 3 is 1.91 bits per heavy atom. The predicted octanol–water partition coefficient (Wildman–Crippen LogP) is -5.94. The van der Waals surface area contributed by atoms with E-state index in [1.165, 1.54) is 12.1 Å². The molecule has 0 aliphatic rings. The highest BCUT2D eigenvalue weighted by Crippen LogP contribution is 2.33. The first-order valence-electron chi connectivity index (χ1n) is 13.7. The van der Waals surface area contributed by atoms with Crippen LogP contribution in [0.4, 0.5) is 0 Å². The van der Waals surface area contributed by atoms with Crippen LogP contribution < -0.4 is 30.7 Å². The molecule has 0 aromatic heterocycles. The van der Waals surface area contributed by atoms with E-state index < -0.39 is 68.1 Å². The van der Waals surface area contributed by atoms with Crippen molar-refractivity contribution in [3.8, 4) is 17.2 Å². The minimum Gasteiger partial charge on any atom is -0.549 e. The number of carboxylic acid groups (broad SMARTS) is 3. The zero-order valence-corrected chi connectivity index (χ0v) is 28.9. The summed E-state index contributed by atoms with van der Waals surface area (Å²) in [5, 5.41) is 91.8. The molecular formula is C28H37I2N3O13-2. The lowest BCUT2D eigenvalue weighted by Gasteiger charge is -2.26. The number of carbonyl (C=O) groups excluding carboxylic acids is 3.